The third-order valence-electron chi connectivity index (χ3n) is 2.46. The van der Waals surface area contributed by atoms with E-state index < -0.39 is 0 Å². The molecule has 2 aromatic rings. The molecular formula is C13H12Cl2N2S. The molecule has 0 atom stereocenters. The highest BCUT2D eigenvalue weighted by molar-refractivity contribution is 7.18. The fourth-order valence-electron chi connectivity index (χ4n) is 1.46. The van der Waals surface area contributed by atoms with E-state index in [2.05, 4.69) is 10.5 Å². The number of aryl methyl sites for hydroxylation is 1. The summed E-state index contributed by atoms with van der Waals surface area (Å²) in [5.41, 5.74) is 5.95. The van der Waals surface area contributed by atoms with Crippen LogP contribution in [-0.2, 0) is 0 Å². The van der Waals surface area contributed by atoms with Crippen LogP contribution in [0.4, 0.5) is 5.69 Å². The van der Waals surface area contributed by atoms with Gasteiger partial charge in [0.05, 0.1) is 20.6 Å². The molecule has 0 saturated carbocycles. The highest BCUT2D eigenvalue weighted by Crippen LogP contribution is 2.23. The smallest absolute Gasteiger partial charge is 0.0935 e. The Morgan fingerprint density at radius 1 is 1.22 bits per heavy atom. The van der Waals surface area contributed by atoms with Gasteiger partial charge in [-0.25, -0.2) is 0 Å². The van der Waals surface area contributed by atoms with Crippen molar-refractivity contribution >= 4 is 45.9 Å². The van der Waals surface area contributed by atoms with Gasteiger partial charge in [-0.1, -0.05) is 23.2 Å². The van der Waals surface area contributed by atoms with Gasteiger partial charge in [0.15, 0.2) is 0 Å². The monoisotopic (exact) mass is 298 g/mol. The normalized spacial score (nSPS) is 11.7. The van der Waals surface area contributed by atoms with Crippen molar-refractivity contribution in [2.75, 3.05) is 5.43 Å². The lowest BCUT2D eigenvalue weighted by Crippen LogP contribution is -1.98. The van der Waals surface area contributed by atoms with Crippen molar-refractivity contribution in [3.05, 3.63) is 50.1 Å². The van der Waals surface area contributed by atoms with Crippen LogP contribution in [-0.4, -0.2) is 5.71 Å². The van der Waals surface area contributed by atoms with Gasteiger partial charge in [0.1, 0.15) is 0 Å². The third-order valence-corrected chi connectivity index (χ3v) is 4.04. The molecule has 0 aliphatic rings. The van der Waals surface area contributed by atoms with Crippen LogP contribution in [0.5, 0.6) is 0 Å². The molecule has 0 saturated heterocycles. The fraction of sp³-hybridized carbons (Fsp3) is 0.154. The second kappa shape index (κ2) is 5.74. The van der Waals surface area contributed by atoms with E-state index in [9.17, 15) is 0 Å². The topological polar surface area (TPSA) is 24.4 Å². The van der Waals surface area contributed by atoms with Crippen LogP contribution in [0.3, 0.4) is 0 Å². The molecule has 5 heteroatoms. The minimum Gasteiger partial charge on any atom is -0.278 e. The van der Waals surface area contributed by atoms with Gasteiger partial charge in [-0.15, -0.1) is 11.3 Å². The summed E-state index contributed by atoms with van der Waals surface area (Å²) in [5, 5.41) is 5.07. The van der Waals surface area contributed by atoms with Gasteiger partial charge >= 0.3 is 0 Å². The van der Waals surface area contributed by atoms with Crippen molar-refractivity contribution in [3.63, 3.8) is 0 Å². The molecule has 1 N–H and O–H groups in total. The molecule has 18 heavy (non-hydrogen) atoms. The van der Waals surface area contributed by atoms with Crippen molar-refractivity contribution < 1.29 is 0 Å². The maximum Gasteiger partial charge on any atom is 0.0935 e. The van der Waals surface area contributed by atoms with Gasteiger partial charge in [0, 0.05) is 5.02 Å². The molecule has 2 rings (SSSR count). The van der Waals surface area contributed by atoms with Crippen molar-refractivity contribution in [1.29, 1.82) is 0 Å². The molecule has 2 nitrogen and oxygen atoms in total. The number of halogens is 2. The number of nitrogens with zero attached hydrogens (tertiary/aromatic N) is 1. The van der Waals surface area contributed by atoms with Crippen LogP contribution in [0.1, 0.15) is 17.4 Å². The average molecular weight is 299 g/mol. The predicted molar refractivity (Wildman–Crippen MR) is 81.4 cm³/mol. The highest BCUT2D eigenvalue weighted by atomic mass is 35.5. The molecule has 1 aromatic carbocycles. The second-order valence-corrected chi connectivity index (χ2v) is 6.02. The lowest BCUT2D eigenvalue weighted by Gasteiger charge is -2.06. The molecule has 0 aliphatic heterocycles. The molecule has 1 aromatic heterocycles. The van der Waals surface area contributed by atoms with Crippen molar-refractivity contribution in [1.82, 2.24) is 0 Å². The van der Waals surface area contributed by atoms with Crippen LogP contribution in [0.15, 0.2) is 35.4 Å². The van der Waals surface area contributed by atoms with E-state index >= 15 is 0 Å². The van der Waals surface area contributed by atoms with Gasteiger partial charge in [-0.3, -0.25) is 5.43 Å². The quantitative estimate of drug-likeness (QED) is 0.611. The summed E-state index contributed by atoms with van der Waals surface area (Å²) in [4.78, 5) is 1.05. The van der Waals surface area contributed by atoms with Crippen LogP contribution in [0.2, 0.25) is 9.36 Å². The largest absolute Gasteiger partial charge is 0.278 e. The Bertz CT molecular complexity index is 590. The Labute approximate surface area is 120 Å². The number of benzene rings is 1. The van der Waals surface area contributed by atoms with Crippen molar-refractivity contribution in [2.45, 2.75) is 13.8 Å². The SMILES string of the molecule is CC(=NNc1ccc(Cl)cc1C)c1ccc(Cl)s1. The van der Waals surface area contributed by atoms with E-state index in [4.69, 9.17) is 23.2 Å². The Hall–Kier alpha value is -1.03. The molecule has 0 radical (unpaired) electrons. The number of nitrogens with one attached hydrogen (secondary N) is 1. The number of thiophene rings is 1. The van der Waals surface area contributed by atoms with Gasteiger partial charge in [-0.2, -0.15) is 5.10 Å². The molecule has 1 heterocycles. The summed E-state index contributed by atoms with van der Waals surface area (Å²) in [6.07, 6.45) is 0. The summed E-state index contributed by atoms with van der Waals surface area (Å²) in [6.45, 7) is 3.93. The Morgan fingerprint density at radius 2 is 2.00 bits per heavy atom. The van der Waals surface area contributed by atoms with Crippen LogP contribution >= 0.6 is 34.5 Å². The fourth-order valence-corrected chi connectivity index (χ4v) is 2.68. The lowest BCUT2D eigenvalue weighted by atomic mass is 10.2. The molecule has 0 amide bonds. The third kappa shape index (κ3) is 3.25. The van der Waals surface area contributed by atoms with Crippen LogP contribution in [0.25, 0.3) is 0 Å². The van der Waals surface area contributed by atoms with Crippen LogP contribution < -0.4 is 5.43 Å². The first-order valence-electron chi connectivity index (χ1n) is 5.38. The van der Waals surface area contributed by atoms with Gasteiger partial charge in [0.2, 0.25) is 0 Å². The van der Waals surface area contributed by atoms with E-state index in [0.29, 0.717) is 0 Å². The molecule has 94 valence electrons. The zero-order valence-corrected chi connectivity index (χ0v) is 12.3. The Morgan fingerprint density at radius 3 is 2.61 bits per heavy atom. The van der Waals surface area contributed by atoms with E-state index in [0.717, 1.165) is 31.2 Å². The summed E-state index contributed by atoms with van der Waals surface area (Å²) < 4.78 is 0.766. The minimum atomic E-state index is 0.726. The van der Waals surface area contributed by atoms with Gasteiger partial charge in [0.25, 0.3) is 0 Å². The molecular weight excluding hydrogens is 287 g/mol. The zero-order chi connectivity index (χ0) is 13.1. The molecule has 0 bridgehead atoms. The number of hydrogen-bond donors (Lipinski definition) is 1. The number of hydrazone groups is 1. The summed E-state index contributed by atoms with van der Waals surface area (Å²) in [6, 6.07) is 9.48. The van der Waals surface area contributed by atoms with Gasteiger partial charge < -0.3 is 0 Å². The van der Waals surface area contributed by atoms with Gasteiger partial charge in [-0.05, 0) is 49.7 Å². The number of anilines is 1. The molecule has 0 spiro atoms. The number of hydrogen-bond acceptors (Lipinski definition) is 3. The molecule has 0 aliphatic carbocycles. The molecule has 0 fully saturated rings. The van der Waals surface area contributed by atoms with E-state index in [1.54, 1.807) is 0 Å². The average Bonchev–Trinajstić information content (AvgIpc) is 2.74. The van der Waals surface area contributed by atoms with Crippen molar-refractivity contribution in [2.24, 2.45) is 5.10 Å². The Balaban J connectivity index is 2.15. The maximum absolute atomic E-state index is 5.90. The van der Waals surface area contributed by atoms with Crippen LogP contribution in [0, 0.1) is 6.92 Å². The molecule has 0 unspecified atom stereocenters. The first-order valence-corrected chi connectivity index (χ1v) is 6.95. The first-order chi connectivity index (χ1) is 8.56. The Kier molecular flexibility index (Phi) is 4.27. The highest BCUT2D eigenvalue weighted by Gasteiger charge is 2.02. The minimum absolute atomic E-state index is 0.726. The zero-order valence-electron chi connectivity index (χ0n) is 10.00. The maximum atomic E-state index is 5.90. The van der Waals surface area contributed by atoms with E-state index in [1.165, 1.54) is 11.3 Å². The van der Waals surface area contributed by atoms with Crippen molar-refractivity contribution in [3.8, 4) is 0 Å². The second-order valence-electron chi connectivity index (χ2n) is 3.87. The summed E-state index contributed by atoms with van der Waals surface area (Å²) >= 11 is 13.3. The van der Waals surface area contributed by atoms with E-state index in [-0.39, 0.29) is 0 Å². The van der Waals surface area contributed by atoms with E-state index in [1.807, 2.05) is 44.2 Å². The number of rotatable bonds is 3. The standard InChI is InChI=1S/C13H12Cl2N2S/c1-8-7-10(14)3-4-11(8)17-16-9(2)12-5-6-13(15)18-12/h3-7,17H,1-2H3. The lowest BCUT2D eigenvalue weighted by molar-refractivity contribution is 1.29. The summed E-state index contributed by atoms with van der Waals surface area (Å²) in [7, 11) is 0. The summed E-state index contributed by atoms with van der Waals surface area (Å²) in [5.74, 6) is 0. The first kappa shape index (κ1) is 13.4. The predicted octanol–water partition coefficient (Wildman–Crippen LogP) is 5.20.